The topological polar surface area (TPSA) is 57.4 Å². The maximum absolute atomic E-state index is 9.53. The molecular formula is C19H23N5OS. The maximum atomic E-state index is 9.53. The number of thiazole rings is 1. The molecule has 1 aromatic carbocycles. The van der Waals surface area contributed by atoms with Gasteiger partial charge in [-0.25, -0.2) is 4.98 Å². The van der Waals surface area contributed by atoms with Gasteiger partial charge in [-0.05, 0) is 37.1 Å². The fourth-order valence-electron chi connectivity index (χ4n) is 4.15. The smallest absolute Gasteiger partial charge is 0.186 e. The molecule has 26 heavy (non-hydrogen) atoms. The molecule has 0 radical (unpaired) electrons. The molecule has 7 heteroatoms. The van der Waals surface area contributed by atoms with Crippen LogP contribution in [0.5, 0.6) is 0 Å². The highest BCUT2D eigenvalue weighted by Crippen LogP contribution is 2.35. The number of anilines is 1. The van der Waals surface area contributed by atoms with Crippen molar-refractivity contribution in [1.82, 2.24) is 19.7 Å². The molecule has 1 atom stereocenters. The second-order valence-corrected chi connectivity index (χ2v) is 8.37. The van der Waals surface area contributed by atoms with E-state index in [1.165, 1.54) is 16.7 Å². The van der Waals surface area contributed by atoms with Crippen molar-refractivity contribution in [1.29, 1.82) is 0 Å². The molecule has 6 nitrogen and oxygen atoms in total. The van der Waals surface area contributed by atoms with Crippen LogP contribution in [-0.2, 0) is 7.05 Å². The van der Waals surface area contributed by atoms with E-state index in [4.69, 9.17) is 4.98 Å². The number of fused-ring (bicyclic) bond motifs is 1. The van der Waals surface area contributed by atoms with Crippen LogP contribution in [0.4, 0.5) is 5.13 Å². The van der Waals surface area contributed by atoms with E-state index < -0.39 is 0 Å². The summed E-state index contributed by atoms with van der Waals surface area (Å²) in [6.07, 6.45) is 6.28. The molecule has 1 N–H and O–H groups in total. The zero-order valence-corrected chi connectivity index (χ0v) is 15.7. The summed E-state index contributed by atoms with van der Waals surface area (Å²) in [7, 11) is 1.94. The van der Waals surface area contributed by atoms with Crippen LogP contribution in [0, 0.1) is 0 Å². The second kappa shape index (κ2) is 6.33. The van der Waals surface area contributed by atoms with Gasteiger partial charge in [-0.15, -0.1) is 0 Å². The minimum Gasteiger partial charge on any atom is -0.395 e. The molecule has 4 heterocycles. The van der Waals surface area contributed by atoms with E-state index in [0.717, 1.165) is 42.3 Å². The Bertz CT molecular complexity index is 929. The number of aryl methyl sites for hydroxylation is 1. The second-order valence-electron chi connectivity index (χ2n) is 7.36. The minimum absolute atomic E-state index is 0.286. The van der Waals surface area contributed by atoms with Crippen molar-refractivity contribution in [3.05, 3.63) is 30.6 Å². The van der Waals surface area contributed by atoms with Crippen LogP contribution >= 0.6 is 11.3 Å². The van der Waals surface area contributed by atoms with Crippen LogP contribution in [-0.4, -0.2) is 63.1 Å². The van der Waals surface area contributed by atoms with E-state index in [1.54, 1.807) is 11.3 Å². The number of rotatable bonds is 4. The number of aromatic nitrogens is 3. The lowest BCUT2D eigenvalue weighted by atomic mass is 10.1. The highest BCUT2D eigenvalue weighted by atomic mass is 32.1. The highest BCUT2D eigenvalue weighted by molar-refractivity contribution is 7.22. The number of aliphatic hydroxyl groups is 1. The Morgan fingerprint density at radius 2 is 2.15 bits per heavy atom. The maximum Gasteiger partial charge on any atom is 0.186 e. The minimum atomic E-state index is 0.286. The summed E-state index contributed by atoms with van der Waals surface area (Å²) in [6.45, 7) is 3.45. The van der Waals surface area contributed by atoms with Crippen LogP contribution in [0.3, 0.4) is 0 Å². The van der Waals surface area contributed by atoms with E-state index >= 15 is 0 Å². The lowest BCUT2D eigenvalue weighted by molar-refractivity contribution is 0.103. The molecule has 1 unspecified atom stereocenters. The third kappa shape index (κ3) is 2.71. The Labute approximate surface area is 156 Å². The van der Waals surface area contributed by atoms with Gasteiger partial charge in [-0.3, -0.25) is 9.58 Å². The highest BCUT2D eigenvalue weighted by Gasteiger charge is 2.38. The van der Waals surface area contributed by atoms with E-state index in [-0.39, 0.29) is 6.61 Å². The van der Waals surface area contributed by atoms with Crippen molar-refractivity contribution in [2.24, 2.45) is 7.05 Å². The summed E-state index contributed by atoms with van der Waals surface area (Å²) in [5, 5.41) is 14.9. The number of likely N-dealkylation sites (tertiary alicyclic amines) is 1. The largest absolute Gasteiger partial charge is 0.395 e. The predicted molar refractivity (Wildman–Crippen MR) is 105 cm³/mol. The first-order valence-corrected chi connectivity index (χ1v) is 10.0. The lowest BCUT2D eigenvalue weighted by Crippen LogP contribution is -2.61. The first-order valence-electron chi connectivity index (χ1n) is 9.22. The standard InChI is InChI=1S/C19H23N5OS/c1-22-9-14(8-20-22)13-4-5-17-18(7-13)26-19(21-17)23-10-16(11-23)24-6-2-3-15(24)12-25/h4-5,7-9,15-16,25H,2-3,6,10-12H2,1H3. The Morgan fingerprint density at radius 1 is 1.27 bits per heavy atom. The van der Waals surface area contributed by atoms with Crippen LogP contribution < -0.4 is 4.90 Å². The molecule has 2 aliphatic heterocycles. The molecule has 2 aromatic heterocycles. The van der Waals surface area contributed by atoms with E-state index in [9.17, 15) is 5.11 Å². The molecule has 0 amide bonds. The first kappa shape index (κ1) is 16.2. The zero-order valence-electron chi connectivity index (χ0n) is 14.9. The van der Waals surface area contributed by atoms with Gasteiger partial charge in [0.05, 0.1) is 23.0 Å². The zero-order chi connectivity index (χ0) is 17.7. The Hall–Kier alpha value is -1.96. The summed E-state index contributed by atoms with van der Waals surface area (Å²) >= 11 is 1.77. The molecule has 0 saturated carbocycles. The predicted octanol–water partition coefficient (Wildman–Crippen LogP) is 2.34. The summed E-state index contributed by atoms with van der Waals surface area (Å²) in [4.78, 5) is 9.69. The van der Waals surface area contributed by atoms with Gasteiger partial charge in [0.2, 0.25) is 0 Å². The average molecular weight is 369 g/mol. The molecular weight excluding hydrogens is 346 g/mol. The number of nitrogens with zero attached hydrogens (tertiary/aromatic N) is 5. The molecule has 0 aliphatic carbocycles. The molecule has 2 aliphatic rings. The number of aliphatic hydroxyl groups excluding tert-OH is 1. The summed E-state index contributed by atoms with van der Waals surface area (Å²) in [5.74, 6) is 0. The first-order chi connectivity index (χ1) is 12.7. The van der Waals surface area contributed by atoms with Crippen molar-refractivity contribution in [2.45, 2.75) is 24.9 Å². The van der Waals surface area contributed by atoms with Crippen molar-refractivity contribution < 1.29 is 5.11 Å². The Kier molecular flexibility index (Phi) is 3.95. The van der Waals surface area contributed by atoms with Crippen molar-refractivity contribution in [3.8, 4) is 11.1 Å². The fraction of sp³-hybridized carbons (Fsp3) is 0.474. The van der Waals surface area contributed by atoms with Crippen LogP contribution in [0.2, 0.25) is 0 Å². The molecule has 0 spiro atoms. The average Bonchev–Trinajstić information content (AvgIpc) is 3.31. The molecule has 3 aromatic rings. The van der Waals surface area contributed by atoms with Crippen LogP contribution in [0.15, 0.2) is 30.6 Å². The van der Waals surface area contributed by atoms with E-state index in [1.807, 2.05) is 24.1 Å². The Balaban J connectivity index is 1.33. The summed E-state index contributed by atoms with van der Waals surface area (Å²) < 4.78 is 3.05. The molecule has 5 rings (SSSR count). The molecule has 2 fully saturated rings. The van der Waals surface area contributed by atoms with Gasteiger partial charge in [-0.2, -0.15) is 5.10 Å². The van der Waals surface area contributed by atoms with Gasteiger partial charge in [0.1, 0.15) is 0 Å². The summed E-state index contributed by atoms with van der Waals surface area (Å²) in [6, 6.07) is 7.37. The van der Waals surface area contributed by atoms with Crippen LogP contribution in [0.1, 0.15) is 12.8 Å². The fourth-order valence-corrected chi connectivity index (χ4v) is 5.18. The molecule has 0 bridgehead atoms. The van der Waals surface area contributed by atoms with Gasteiger partial charge in [-0.1, -0.05) is 17.4 Å². The van der Waals surface area contributed by atoms with Gasteiger partial charge in [0, 0.05) is 44.0 Å². The normalized spacial score (nSPS) is 21.6. The lowest BCUT2D eigenvalue weighted by Gasteiger charge is -2.45. The van der Waals surface area contributed by atoms with Crippen LogP contribution in [0.25, 0.3) is 21.3 Å². The summed E-state index contributed by atoms with van der Waals surface area (Å²) in [5.41, 5.74) is 3.39. The molecule has 2 saturated heterocycles. The third-order valence-electron chi connectivity index (χ3n) is 5.65. The van der Waals surface area contributed by atoms with E-state index in [2.05, 4.69) is 33.1 Å². The number of hydrogen-bond donors (Lipinski definition) is 1. The van der Waals surface area contributed by atoms with Crippen molar-refractivity contribution in [2.75, 3.05) is 31.1 Å². The number of benzene rings is 1. The van der Waals surface area contributed by atoms with Gasteiger partial charge in [0.25, 0.3) is 0 Å². The number of hydrogen-bond acceptors (Lipinski definition) is 6. The van der Waals surface area contributed by atoms with Gasteiger partial charge in [0.15, 0.2) is 5.13 Å². The van der Waals surface area contributed by atoms with Crippen molar-refractivity contribution >= 4 is 26.7 Å². The van der Waals surface area contributed by atoms with Crippen molar-refractivity contribution in [3.63, 3.8) is 0 Å². The van der Waals surface area contributed by atoms with E-state index in [0.29, 0.717) is 12.1 Å². The monoisotopic (exact) mass is 369 g/mol. The Morgan fingerprint density at radius 3 is 2.92 bits per heavy atom. The van der Waals surface area contributed by atoms with Gasteiger partial charge < -0.3 is 10.0 Å². The third-order valence-corrected chi connectivity index (χ3v) is 6.73. The molecule has 136 valence electrons. The SMILES string of the molecule is Cn1cc(-c2ccc3nc(N4CC(N5CCCC5CO)C4)sc3c2)cn1. The van der Waals surface area contributed by atoms with Gasteiger partial charge >= 0.3 is 0 Å². The quantitative estimate of drug-likeness (QED) is 0.765.